The molecule has 0 unspecified atom stereocenters. The maximum absolute atomic E-state index is 4.31. The van der Waals surface area contributed by atoms with Gasteiger partial charge in [0, 0.05) is 25.8 Å². The Bertz CT molecular complexity index is 343. The van der Waals surface area contributed by atoms with E-state index in [-0.39, 0.29) is 0 Å². The van der Waals surface area contributed by atoms with Crippen LogP contribution in [0.5, 0.6) is 0 Å². The molecule has 0 atom stereocenters. The molecule has 0 aromatic carbocycles. The second-order valence-corrected chi connectivity index (χ2v) is 5.08. The molecule has 3 nitrogen and oxygen atoms in total. The highest BCUT2D eigenvalue weighted by atomic mass is 15.1. The number of hydrogen-bond donors (Lipinski definition) is 1. The van der Waals surface area contributed by atoms with E-state index in [1.165, 1.54) is 56.4 Å². The fourth-order valence-corrected chi connectivity index (χ4v) is 2.56. The van der Waals surface area contributed by atoms with E-state index in [0.29, 0.717) is 0 Å². The zero-order valence-corrected chi connectivity index (χ0v) is 11.5. The van der Waals surface area contributed by atoms with Gasteiger partial charge >= 0.3 is 0 Å². The van der Waals surface area contributed by atoms with Crippen LogP contribution in [0.2, 0.25) is 0 Å². The van der Waals surface area contributed by atoms with Gasteiger partial charge in [-0.3, -0.25) is 4.98 Å². The predicted octanol–water partition coefficient (Wildman–Crippen LogP) is 2.96. The van der Waals surface area contributed by atoms with Gasteiger partial charge in [-0.2, -0.15) is 0 Å². The van der Waals surface area contributed by atoms with Crippen molar-refractivity contribution in [2.45, 2.75) is 45.6 Å². The van der Waals surface area contributed by atoms with Crippen LogP contribution in [0.1, 0.15) is 44.6 Å². The maximum atomic E-state index is 4.31. The Hall–Kier alpha value is -1.09. The summed E-state index contributed by atoms with van der Waals surface area (Å²) in [6, 6.07) is 2.16. The smallest absolute Gasteiger partial charge is 0.0598 e. The molecule has 1 aliphatic heterocycles. The van der Waals surface area contributed by atoms with Gasteiger partial charge in [-0.15, -0.1) is 0 Å². The van der Waals surface area contributed by atoms with E-state index in [0.717, 1.165) is 13.1 Å². The number of hydrogen-bond acceptors (Lipinski definition) is 3. The van der Waals surface area contributed by atoms with Crippen molar-refractivity contribution in [3.63, 3.8) is 0 Å². The minimum Gasteiger partial charge on any atom is -0.370 e. The Kier molecular flexibility index (Phi) is 5.46. The summed E-state index contributed by atoms with van der Waals surface area (Å²) in [6.45, 7) is 6.62. The molecule has 0 amide bonds. The van der Waals surface area contributed by atoms with Gasteiger partial charge in [-0.1, -0.05) is 19.8 Å². The van der Waals surface area contributed by atoms with E-state index in [1.54, 1.807) is 0 Å². The first-order valence-corrected chi connectivity index (χ1v) is 7.30. The van der Waals surface area contributed by atoms with Crippen LogP contribution in [0.3, 0.4) is 0 Å². The normalized spacial score (nSPS) is 16.6. The van der Waals surface area contributed by atoms with Gasteiger partial charge in [0.2, 0.25) is 0 Å². The molecule has 1 aliphatic rings. The van der Waals surface area contributed by atoms with E-state index in [2.05, 4.69) is 28.2 Å². The third-order valence-electron chi connectivity index (χ3n) is 3.58. The summed E-state index contributed by atoms with van der Waals surface area (Å²) in [4.78, 5) is 6.83. The summed E-state index contributed by atoms with van der Waals surface area (Å²) < 4.78 is 0. The molecule has 100 valence electrons. The van der Waals surface area contributed by atoms with E-state index in [9.17, 15) is 0 Å². The van der Waals surface area contributed by atoms with Crippen LogP contribution in [-0.2, 0) is 6.54 Å². The lowest BCUT2D eigenvalue weighted by atomic mass is 10.2. The molecule has 0 spiro atoms. The van der Waals surface area contributed by atoms with E-state index >= 15 is 0 Å². The van der Waals surface area contributed by atoms with Crippen LogP contribution in [0.4, 0.5) is 5.69 Å². The molecular weight excluding hydrogens is 222 g/mol. The van der Waals surface area contributed by atoms with Gasteiger partial charge in [-0.25, -0.2) is 0 Å². The van der Waals surface area contributed by atoms with Crippen LogP contribution >= 0.6 is 0 Å². The topological polar surface area (TPSA) is 28.2 Å². The van der Waals surface area contributed by atoms with Crippen molar-refractivity contribution in [3.8, 4) is 0 Å². The summed E-state index contributed by atoms with van der Waals surface area (Å²) in [5.74, 6) is 0. The van der Waals surface area contributed by atoms with Gasteiger partial charge in [0.15, 0.2) is 0 Å². The van der Waals surface area contributed by atoms with Crippen molar-refractivity contribution < 1.29 is 0 Å². The summed E-state index contributed by atoms with van der Waals surface area (Å²) in [5.41, 5.74) is 2.73. The van der Waals surface area contributed by atoms with E-state index in [4.69, 9.17) is 0 Å². The van der Waals surface area contributed by atoms with Crippen molar-refractivity contribution in [1.29, 1.82) is 0 Å². The van der Waals surface area contributed by atoms with Crippen molar-refractivity contribution in [1.82, 2.24) is 10.3 Å². The third kappa shape index (κ3) is 3.70. The molecule has 1 aromatic heterocycles. The molecular formula is C15H25N3. The minimum absolute atomic E-state index is 0.961. The van der Waals surface area contributed by atoms with Crippen LogP contribution in [-0.4, -0.2) is 24.6 Å². The highest BCUT2D eigenvalue weighted by Gasteiger charge is 2.13. The van der Waals surface area contributed by atoms with Crippen LogP contribution in [0.15, 0.2) is 18.5 Å². The van der Waals surface area contributed by atoms with Crippen molar-refractivity contribution in [2.75, 3.05) is 24.5 Å². The molecule has 2 heterocycles. The SMILES string of the molecule is CCCNCc1ccncc1N1CCCCCC1. The fourth-order valence-electron chi connectivity index (χ4n) is 2.56. The lowest BCUT2D eigenvalue weighted by Crippen LogP contribution is -2.26. The number of aromatic nitrogens is 1. The zero-order valence-electron chi connectivity index (χ0n) is 11.5. The molecule has 1 fully saturated rings. The first kappa shape index (κ1) is 13.3. The molecule has 1 N–H and O–H groups in total. The second-order valence-electron chi connectivity index (χ2n) is 5.08. The van der Waals surface area contributed by atoms with Gasteiger partial charge in [0.1, 0.15) is 0 Å². The highest BCUT2D eigenvalue weighted by Crippen LogP contribution is 2.22. The van der Waals surface area contributed by atoms with Gasteiger partial charge in [0.25, 0.3) is 0 Å². The number of rotatable bonds is 5. The fraction of sp³-hybridized carbons (Fsp3) is 0.667. The number of anilines is 1. The molecule has 0 bridgehead atoms. The Labute approximate surface area is 111 Å². The lowest BCUT2D eigenvalue weighted by Gasteiger charge is -2.25. The molecule has 18 heavy (non-hydrogen) atoms. The second kappa shape index (κ2) is 7.37. The highest BCUT2D eigenvalue weighted by molar-refractivity contribution is 5.51. The van der Waals surface area contributed by atoms with Gasteiger partial charge in [-0.05, 0) is 37.4 Å². The minimum atomic E-state index is 0.961. The average molecular weight is 247 g/mol. The van der Waals surface area contributed by atoms with E-state index in [1.807, 2.05) is 12.4 Å². The maximum Gasteiger partial charge on any atom is 0.0598 e. The largest absolute Gasteiger partial charge is 0.370 e. The summed E-state index contributed by atoms with van der Waals surface area (Å²) in [5, 5.41) is 3.49. The summed E-state index contributed by atoms with van der Waals surface area (Å²) >= 11 is 0. The molecule has 3 heteroatoms. The van der Waals surface area contributed by atoms with Crippen LogP contribution in [0.25, 0.3) is 0 Å². The lowest BCUT2D eigenvalue weighted by molar-refractivity contribution is 0.670. The van der Waals surface area contributed by atoms with Crippen molar-refractivity contribution in [2.24, 2.45) is 0 Å². The van der Waals surface area contributed by atoms with Crippen LogP contribution < -0.4 is 10.2 Å². The Morgan fingerprint density at radius 3 is 2.72 bits per heavy atom. The molecule has 1 saturated heterocycles. The molecule has 2 rings (SSSR count). The standard InChI is InChI=1S/C15H25N3/c1-2-8-16-12-14-7-9-17-13-15(14)18-10-5-3-4-6-11-18/h7,9,13,16H,2-6,8,10-12H2,1H3. The quantitative estimate of drug-likeness (QED) is 0.811. The van der Waals surface area contributed by atoms with Crippen molar-refractivity contribution in [3.05, 3.63) is 24.0 Å². The number of nitrogens with one attached hydrogen (secondary N) is 1. The average Bonchev–Trinajstić information content (AvgIpc) is 2.68. The Morgan fingerprint density at radius 1 is 1.22 bits per heavy atom. The first-order valence-electron chi connectivity index (χ1n) is 7.30. The Morgan fingerprint density at radius 2 is 2.00 bits per heavy atom. The molecule has 1 aromatic rings. The third-order valence-corrected chi connectivity index (χ3v) is 3.58. The number of pyridine rings is 1. The molecule has 0 aliphatic carbocycles. The van der Waals surface area contributed by atoms with Gasteiger partial charge in [0.05, 0.1) is 11.9 Å². The van der Waals surface area contributed by atoms with E-state index < -0.39 is 0 Å². The summed E-state index contributed by atoms with van der Waals surface area (Å²) in [7, 11) is 0. The zero-order chi connectivity index (χ0) is 12.6. The van der Waals surface area contributed by atoms with Crippen LogP contribution in [0, 0.1) is 0 Å². The Balaban J connectivity index is 2.05. The monoisotopic (exact) mass is 247 g/mol. The molecule has 0 radical (unpaired) electrons. The first-order chi connectivity index (χ1) is 8.92. The molecule has 0 saturated carbocycles. The van der Waals surface area contributed by atoms with Gasteiger partial charge < -0.3 is 10.2 Å². The number of nitrogens with zero attached hydrogens (tertiary/aromatic N) is 2. The predicted molar refractivity (Wildman–Crippen MR) is 76.9 cm³/mol. The van der Waals surface area contributed by atoms with Crippen molar-refractivity contribution >= 4 is 5.69 Å². The summed E-state index contributed by atoms with van der Waals surface area (Å²) in [6.07, 6.45) is 10.5.